The molecule has 4 aliphatic rings. The van der Waals surface area contributed by atoms with Crippen molar-refractivity contribution in [2.24, 2.45) is 11.7 Å². The number of amides is 2. The number of nitrogens with zero attached hydrogens (tertiary/aromatic N) is 7. The van der Waals surface area contributed by atoms with Crippen LogP contribution in [0, 0.1) is 5.92 Å². The average molecular weight is 633 g/mol. The number of anilines is 4. The first kappa shape index (κ1) is 26.9. The van der Waals surface area contributed by atoms with Crippen LogP contribution in [0.3, 0.4) is 0 Å². The molecule has 3 fully saturated rings. The maximum atomic E-state index is 13.6. The van der Waals surface area contributed by atoms with E-state index < -0.39 is 24.2 Å². The van der Waals surface area contributed by atoms with Crippen molar-refractivity contribution < 1.29 is 14.4 Å². The van der Waals surface area contributed by atoms with E-state index in [1.165, 1.54) is 0 Å². The second kappa shape index (κ2) is 10.7. The first-order chi connectivity index (χ1) is 20.4. The van der Waals surface area contributed by atoms with Gasteiger partial charge in [-0.05, 0) is 65.7 Å². The van der Waals surface area contributed by atoms with E-state index in [9.17, 15) is 14.4 Å². The summed E-state index contributed by atoms with van der Waals surface area (Å²) in [6.07, 6.45) is 6.94. The summed E-state index contributed by atoms with van der Waals surface area (Å²) in [5.74, 6) is 0.492. The van der Waals surface area contributed by atoms with Crippen molar-refractivity contribution in [3.63, 3.8) is 0 Å². The van der Waals surface area contributed by atoms with Crippen LogP contribution < -0.4 is 21.0 Å². The molecule has 5 atom stereocenters. The number of benzene rings is 1. The number of nitrogens with two attached hydrogens (primary N) is 1. The summed E-state index contributed by atoms with van der Waals surface area (Å²) in [6.45, 7) is 1.82. The fraction of sp³-hybridized carbons (Fsp3) is 0.379. The Labute approximate surface area is 251 Å². The summed E-state index contributed by atoms with van der Waals surface area (Å²) in [5.41, 5.74) is 7.99. The first-order valence-corrected chi connectivity index (χ1v) is 14.9. The Morgan fingerprint density at radius 3 is 2.52 bits per heavy atom. The van der Waals surface area contributed by atoms with Gasteiger partial charge in [-0.15, -0.1) is 0 Å². The van der Waals surface area contributed by atoms with E-state index in [0.717, 1.165) is 38.6 Å². The van der Waals surface area contributed by atoms with Gasteiger partial charge in [-0.2, -0.15) is 5.01 Å². The number of hydrogen-bond acceptors (Lipinski definition) is 10. The number of primary amides is 1. The smallest absolute Gasteiger partial charge is 0.242 e. The van der Waals surface area contributed by atoms with Gasteiger partial charge in [0.25, 0.3) is 0 Å². The Balaban J connectivity index is 1.26. The number of pyridine rings is 1. The molecule has 42 heavy (non-hydrogen) atoms. The maximum Gasteiger partial charge on any atom is 0.242 e. The lowest BCUT2D eigenvalue weighted by molar-refractivity contribution is -0.134. The number of fused-ring (bicyclic) bond motifs is 2. The van der Waals surface area contributed by atoms with Gasteiger partial charge in [-0.1, -0.05) is 24.3 Å². The lowest BCUT2D eigenvalue weighted by atomic mass is 10.1. The fourth-order valence-electron chi connectivity index (χ4n) is 6.69. The number of halogens is 1. The summed E-state index contributed by atoms with van der Waals surface area (Å²) in [4.78, 5) is 57.5. The van der Waals surface area contributed by atoms with Crippen LogP contribution in [0.25, 0.3) is 0 Å². The van der Waals surface area contributed by atoms with E-state index in [2.05, 4.69) is 41.1 Å². The topological polar surface area (TPSA) is 141 Å². The van der Waals surface area contributed by atoms with Gasteiger partial charge in [0.1, 0.15) is 22.6 Å². The minimum atomic E-state index is -0.961. The number of carbonyl (C=O) groups excluding carboxylic acids is 3. The zero-order chi connectivity index (χ0) is 29.0. The highest BCUT2D eigenvalue weighted by molar-refractivity contribution is 9.10. The van der Waals surface area contributed by atoms with Crippen molar-refractivity contribution in [2.45, 2.75) is 50.0 Å². The molecule has 3 aromatic rings. The maximum absolute atomic E-state index is 13.6. The third kappa shape index (κ3) is 4.61. The molecule has 5 heterocycles. The predicted octanol–water partition coefficient (Wildman–Crippen LogP) is 2.76. The second-order valence-electron chi connectivity index (χ2n) is 11.1. The molecule has 12 nitrogen and oxygen atoms in total. The van der Waals surface area contributed by atoms with Gasteiger partial charge in [-0.25, -0.2) is 15.0 Å². The zero-order valence-corrected chi connectivity index (χ0v) is 24.3. The molecule has 3 unspecified atom stereocenters. The van der Waals surface area contributed by atoms with Gasteiger partial charge in [0.05, 0.1) is 29.8 Å². The van der Waals surface area contributed by atoms with Gasteiger partial charge < -0.3 is 20.7 Å². The van der Waals surface area contributed by atoms with Crippen molar-refractivity contribution in [3.8, 4) is 0 Å². The molecule has 2 aromatic heterocycles. The number of para-hydroxylation sites is 1. The molecule has 7 rings (SSSR count). The molecule has 3 aliphatic heterocycles. The SMILES string of the molecule is NC(=O)C1c2ccccc2N(c2cnc(N3CCCC3)nc2)N1C(C=O)N1C2C[C@@H]2C[C@H]1C(=O)Nc1cccc(Br)n1. The molecule has 0 bridgehead atoms. The fourth-order valence-corrected chi connectivity index (χ4v) is 7.04. The summed E-state index contributed by atoms with van der Waals surface area (Å²) in [5, 5.41) is 6.40. The summed E-state index contributed by atoms with van der Waals surface area (Å²) < 4.78 is 0.602. The van der Waals surface area contributed by atoms with Gasteiger partial charge in [0.2, 0.25) is 17.8 Å². The van der Waals surface area contributed by atoms with Crippen molar-refractivity contribution >= 4 is 57.2 Å². The van der Waals surface area contributed by atoms with Crippen molar-refractivity contribution in [2.75, 3.05) is 28.3 Å². The van der Waals surface area contributed by atoms with Crippen molar-refractivity contribution in [1.82, 2.24) is 24.9 Å². The molecular formula is C29H30BrN9O3. The van der Waals surface area contributed by atoms with Gasteiger partial charge in [0.15, 0.2) is 6.29 Å². The molecule has 2 saturated heterocycles. The summed E-state index contributed by atoms with van der Waals surface area (Å²) >= 11 is 3.34. The molecule has 0 spiro atoms. The normalized spacial score (nSPS) is 25.6. The molecule has 2 amide bonds. The van der Waals surface area contributed by atoms with Crippen LogP contribution >= 0.6 is 15.9 Å². The highest BCUT2D eigenvalue weighted by Crippen LogP contribution is 2.52. The van der Waals surface area contributed by atoms with E-state index >= 15 is 0 Å². The van der Waals surface area contributed by atoms with Crippen LogP contribution in [-0.4, -0.2) is 74.3 Å². The van der Waals surface area contributed by atoms with E-state index in [0.29, 0.717) is 39.7 Å². The zero-order valence-electron chi connectivity index (χ0n) is 22.7. The molecule has 3 N–H and O–H groups in total. The predicted molar refractivity (Wildman–Crippen MR) is 158 cm³/mol. The van der Waals surface area contributed by atoms with Crippen LogP contribution in [0.2, 0.25) is 0 Å². The molecule has 216 valence electrons. The molecule has 1 aromatic carbocycles. The quantitative estimate of drug-likeness (QED) is 0.281. The van der Waals surface area contributed by atoms with Gasteiger partial charge in [0, 0.05) is 24.7 Å². The van der Waals surface area contributed by atoms with Crippen LogP contribution in [-0.2, 0) is 14.4 Å². The first-order valence-electron chi connectivity index (χ1n) is 14.1. The molecule has 0 radical (unpaired) electrons. The van der Waals surface area contributed by atoms with Gasteiger partial charge in [-0.3, -0.25) is 19.5 Å². The molecule has 13 heteroatoms. The summed E-state index contributed by atoms with van der Waals surface area (Å²) in [7, 11) is 0. The van der Waals surface area contributed by atoms with E-state index in [1.807, 2.05) is 29.2 Å². The Hall–Kier alpha value is -3.94. The number of aromatic nitrogens is 3. The lowest BCUT2D eigenvalue weighted by Gasteiger charge is -2.42. The van der Waals surface area contributed by atoms with Crippen LogP contribution in [0.5, 0.6) is 0 Å². The van der Waals surface area contributed by atoms with Gasteiger partial charge >= 0.3 is 0 Å². The Morgan fingerprint density at radius 2 is 1.81 bits per heavy atom. The Kier molecular flexibility index (Phi) is 6.87. The van der Waals surface area contributed by atoms with Crippen molar-refractivity contribution in [3.05, 3.63) is 65.0 Å². The standard InChI is InChI=1S/C29H30BrN9O3/c30-23-8-5-9-24(34-23)35-28(42)22-13-17-12-21(17)37(22)25(16-40)39-26(27(31)41)19-6-1-2-7-20(19)38(39)18-14-32-29(33-15-18)36-10-3-4-11-36/h1-2,5-9,14-17,21-22,25-26H,3-4,10-13H2,(H2,31,41)(H,34,35,42)/t17-,21?,22+,25?,26?/m1/s1. The molecule has 1 saturated carbocycles. The summed E-state index contributed by atoms with van der Waals surface area (Å²) in [6, 6.07) is 11.2. The van der Waals surface area contributed by atoms with Crippen LogP contribution in [0.15, 0.2) is 59.5 Å². The van der Waals surface area contributed by atoms with E-state index in [4.69, 9.17) is 5.73 Å². The Bertz CT molecular complexity index is 1530. The van der Waals surface area contributed by atoms with E-state index in [1.54, 1.807) is 40.6 Å². The number of rotatable bonds is 8. The number of piperidine rings is 1. The molecule has 1 aliphatic carbocycles. The highest BCUT2D eigenvalue weighted by atomic mass is 79.9. The number of likely N-dealkylation sites (tertiary alicyclic amines) is 1. The average Bonchev–Trinajstić information content (AvgIpc) is 3.32. The monoisotopic (exact) mass is 631 g/mol. The van der Waals surface area contributed by atoms with Crippen LogP contribution in [0.4, 0.5) is 23.1 Å². The third-order valence-electron chi connectivity index (χ3n) is 8.60. The second-order valence-corrected chi connectivity index (χ2v) is 11.9. The minimum Gasteiger partial charge on any atom is -0.368 e. The molecular weight excluding hydrogens is 602 g/mol. The minimum absolute atomic E-state index is 0.0271. The number of nitrogens with one attached hydrogen (secondary N) is 1. The van der Waals surface area contributed by atoms with Crippen LogP contribution in [0.1, 0.15) is 37.3 Å². The highest BCUT2D eigenvalue weighted by Gasteiger charge is 2.59. The number of hydrazine groups is 1. The van der Waals surface area contributed by atoms with Crippen molar-refractivity contribution in [1.29, 1.82) is 0 Å². The lowest BCUT2D eigenvalue weighted by Crippen LogP contribution is -2.60. The number of hydrogen-bond donors (Lipinski definition) is 2. The third-order valence-corrected chi connectivity index (χ3v) is 9.05. The largest absolute Gasteiger partial charge is 0.368 e. The van der Waals surface area contributed by atoms with E-state index in [-0.39, 0.29) is 17.9 Å². The number of aldehydes is 1. The Morgan fingerprint density at radius 1 is 1.05 bits per heavy atom. The number of carbonyl (C=O) groups is 3.